The largest absolute Gasteiger partial charge is 0.480 e. The van der Waals surface area contributed by atoms with Crippen molar-refractivity contribution in [3.63, 3.8) is 0 Å². The van der Waals surface area contributed by atoms with Crippen molar-refractivity contribution >= 4 is 11.9 Å². The van der Waals surface area contributed by atoms with Gasteiger partial charge in [-0.15, -0.1) is 0 Å². The summed E-state index contributed by atoms with van der Waals surface area (Å²) in [6, 6.07) is 0. The Morgan fingerprint density at radius 2 is 1.60 bits per heavy atom. The van der Waals surface area contributed by atoms with Crippen molar-refractivity contribution in [3.8, 4) is 0 Å². The van der Waals surface area contributed by atoms with Gasteiger partial charge in [0.15, 0.2) is 0 Å². The lowest BCUT2D eigenvalue weighted by atomic mass is 10.1. The Labute approximate surface area is 90.2 Å². The molecule has 0 aliphatic carbocycles. The Bertz CT molecular complexity index is 254. The number of hydrogen-bond acceptors (Lipinski definition) is 3. The summed E-state index contributed by atoms with van der Waals surface area (Å²) in [6.07, 6.45) is 0. The summed E-state index contributed by atoms with van der Waals surface area (Å²) < 4.78 is 0. The molecule has 1 amide bonds. The highest BCUT2D eigenvalue weighted by Gasteiger charge is 2.27. The van der Waals surface area contributed by atoms with Crippen LogP contribution < -0.4 is 10.6 Å². The van der Waals surface area contributed by atoms with Crippen LogP contribution in [0.1, 0.15) is 34.6 Å². The van der Waals surface area contributed by atoms with Gasteiger partial charge in [-0.25, -0.2) is 0 Å². The summed E-state index contributed by atoms with van der Waals surface area (Å²) >= 11 is 0. The fraction of sp³-hybridized carbons (Fsp3) is 0.800. The van der Waals surface area contributed by atoms with Crippen LogP contribution in [0.4, 0.5) is 0 Å². The van der Waals surface area contributed by atoms with Gasteiger partial charge in [-0.3, -0.25) is 14.9 Å². The van der Waals surface area contributed by atoms with Gasteiger partial charge in [-0.2, -0.15) is 0 Å². The van der Waals surface area contributed by atoms with Gasteiger partial charge in [-0.1, -0.05) is 0 Å². The average molecular weight is 216 g/mol. The maximum atomic E-state index is 11.4. The van der Waals surface area contributed by atoms with Crippen LogP contribution in [0, 0.1) is 0 Å². The number of carboxylic acid groups (broad SMARTS) is 1. The highest BCUT2D eigenvalue weighted by Crippen LogP contribution is 2.01. The van der Waals surface area contributed by atoms with Crippen LogP contribution in [0.25, 0.3) is 0 Å². The molecule has 0 heterocycles. The Morgan fingerprint density at radius 1 is 1.13 bits per heavy atom. The molecule has 0 aromatic heterocycles. The molecule has 0 saturated carbocycles. The molecule has 5 nitrogen and oxygen atoms in total. The van der Waals surface area contributed by atoms with Crippen molar-refractivity contribution in [2.24, 2.45) is 0 Å². The molecule has 0 saturated heterocycles. The lowest BCUT2D eigenvalue weighted by molar-refractivity contribution is -0.143. The van der Waals surface area contributed by atoms with Gasteiger partial charge in [-0.05, 0) is 34.6 Å². The molecule has 3 N–H and O–H groups in total. The Kier molecular flexibility index (Phi) is 4.27. The molecule has 0 fully saturated rings. The maximum absolute atomic E-state index is 11.4. The van der Waals surface area contributed by atoms with E-state index in [1.165, 1.54) is 13.8 Å². The smallest absolute Gasteiger partial charge is 0.323 e. The van der Waals surface area contributed by atoms with E-state index in [0.29, 0.717) is 0 Å². The summed E-state index contributed by atoms with van der Waals surface area (Å²) in [7, 11) is 0. The molecule has 0 aromatic carbocycles. The molecule has 0 rings (SSSR count). The van der Waals surface area contributed by atoms with Crippen LogP contribution in [0.15, 0.2) is 0 Å². The van der Waals surface area contributed by atoms with Gasteiger partial charge in [0.2, 0.25) is 5.91 Å². The molecule has 0 aliphatic heterocycles. The zero-order chi connectivity index (χ0) is 12.3. The minimum atomic E-state index is -1.09. The first-order valence-corrected chi connectivity index (χ1v) is 4.84. The molecule has 0 spiro atoms. The summed E-state index contributed by atoms with van der Waals surface area (Å²) in [4.78, 5) is 22.1. The molecule has 5 heteroatoms. The van der Waals surface area contributed by atoms with Crippen molar-refractivity contribution < 1.29 is 14.7 Å². The lowest BCUT2D eigenvalue weighted by Crippen LogP contribution is -2.52. The van der Waals surface area contributed by atoms with Crippen LogP contribution in [-0.2, 0) is 9.59 Å². The van der Waals surface area contributed by atoms with Gasteiger partial charge < -0.3 is 10.4 Å². The molecular formula is C10H20N2O3. The van der Waals surface area contributed by atoms with Crippen LogP contribution in [-0.4, -0.2) is 34.6 Å². The maximum Gasteiger partial charge on any atom is 0.323 e. The third-order valence-corrected chi connectivity index (χ3v) is 1.74. The predicted octanol–water partition coefficient (Wildman–Crippen LogP) is 0.354. The molecule has 88 valence electrons. The van der Waals surface area contributed by atoms with Crippen molar-refractivity contribution in [1.29, 1.82) is 0 Å². The zero-order valence-corrected chi connectivity index (χ0v) is 9.97. The van der Waals surface area contributed by atoms with Gasteiger partial charge >= 0.3 is 5.97 Å². The Morgan fingerprint density at radius 3 is 1.93 bits per heavy atom. The zero-order valence-electron chi connectivity index (χ0n) is 9.97. The van der Waals surface area contributed by atoms with E-state index in [-0.39, 0.29) is 18.0 Å². The van der Waals surface area contributed by atoms with E-state index in [9.17, 15) is 9.59 Å². The molecule has 15 heavy (non-hydrogen) atoms. The van der Waals surface area contributed by atoms with Crippen LogP contribution in [0.5, 0.6) is 0 Å². The first kappa shape index (κ1) is 13.9. The number of rotatable bonds is 4. The number of hydrogen-bond donors (Lipinski definition) is 3. The average Bonchev–Trinajstić information content (AvgIpc) is 1.97. The molecule has 0 aliphatic rings. The molecular weight excluding hydrogens is 196 g/mol. The summed E-state index contributed by atoms with van der Waals surface area (Å²) in [5.41, 5.74) is -1.39. The summed E-state index contributed by atoms with van der Waals surface area (Å²) in [5.74, 6) is -1.19. The summed E-state index contributed by atoms with van der Waals surface area (Å²) in [6.45, 7) is 8.63. The topological polar surface area (TPSA) is 78.4 Å². The van der Waals surface area contributed by atoms with E-state index >= 15 is 0 Å². The normalized spacial score (nSPS) is 12.3. The number of amides is 1. The molecule has 0 unspecified atom stereocenters. The van der Waals surface area contributed by atoms with Crippen molar-refractivity contribution in [2.45, 2.75) is 45.7 Å². The number of aliphatic carboxylic acids is 1. The van der Waals surface area contributed by atoms with Gasteiger partial charge in [0.1, 0.15) is 5.54 Å². The van der Waals surface area contributed by atoms with E-state index in [4.69, 9.17) is 5.11 Å². The predicted molar refractivity (Wildman–Crippen MR) is 57.6 cm³/mol. The highest BCUT2D eigenvalue weighted by atomic mass is 16.4. The number of carboxylic acids is 1. The third-order valence-electron chi connectivity index (χ3n) is 1.74. The second kappa shape index (κ2) is 4.61. The lowest BCUT2D eigenvalue weighted by Gasteiger charge is -2.24. The quantitative estimate of drug-likeness (QED) is 0.633. The van der Waals surface area contributed by atoms with Gasteiger partial charge in [0.05, 0.1) is 6.54 Å². The SMILES string of the molecule is CC(C)(C)NC(=O)CNC(C)(C)C(=O)O. The van der Waals surface area contributed by atoms with E-state index < -0.39 is 11.5 Å². The van der Waals surface area contributed by atoms with Crippen molar-refractivity contribution in [2.75, 3.05) is 6.54 Å². The van der Waals surface area contributed by atoms with Crippen LogP contribution in [0.3, 0.4) is 0 Å². The number of carbonyl (C=O) groups excluding carboxylic acids is 1. The summed E-state index contributed by atoms with van der Waals surface area (Å²) in [5, 5.41) is 14.2. The van der Waals surface area contributed by atoms with E-state index in [1.807, 2.05) is 20.8 Å². The van der Waals surface area contributed by atoms with Crippen LogP contribution in [0.2, 0.25) is 0 Å². The van der Waals surface area contributed by atoms with Gasteiger partial charge in [0, 0.05) is 5.54 Å². The van der Waals surface area contributed by atoms with Gasteiger partial charge in [0.25, 0.3) is 0 Å². The monoisotopic (exact) mass is 216 g/mol. The van der Waals surface area contributed by atoms with Crippen molar-refractivity contribution in [3.05, 3.63) is 0 Å². The standard InChI is InChI=1S/C10H20N2O3/c1-9(2,3)12-7(13)6-11-10(4,5)8(14)15/h11H,6H2,1-5H3,(H,12,13)(H,14,15). The van der Waals surface area contributed by atoms with E-state index in [2.05, 4.69) is 10.6 Å². The highest BCUT2D eigenvalue weighted by molar-refractivity contribution is 5.81. The second-order valence-electron chi connectivity index (χ2n) is 5.08. The minimum absolute atomic E-state index is 0.00340. The Balaban J connectivity index is 4.07. The second-order valence-corrected chi connectivity index (χ2v) is 5.08. The van der Waals surface area contributed by atoms with Crippen molar-refractivity contribution in [1.82, 2.24) is 10.6 Å². The fourth-order valence-electron chi connectivity index (χ4n) is 0.839. The number of nitrogens with one attached hydrogen (secondary N) is 2. The molecule has 0 radical (unpaired) electrons. The first-order valence-electron chi connectivity index (χ1n) is 4.84. The fourth-order valence-corrected chi connectivity index (χ4v) is 0.839. The number of carbonyl (C=O) groups is 2. The third kappa shape index (κ3) is 6.06. The Hall–Kier alpha value is -1.10. The van der Waals surface area contributed by atoms with E-state index in [1.54, 1.807) is 0 Å². The first-order chi connectivity index (χ1) is 6.54. The molecule has 0 atom stereocenters. The minimum Gasteiger partial charge on any atom is -0.480 e. The van der Waals surface area contributed by atoms with Crippen LogP contribution >= 0.6 is 0 Å². The molecule has 0 aromatic rings. The van der Waals surface area contributed by atoms with E-state index in [0.717, 1.165) is 0 Å². The molecule has 0 bridgehead atoms.